The van der Waals surface area contributed by atoms with Gasteiger partial charge >= 0.3 is 0 Å². The number of rotatable bonds is 6. The molecule has 27 heavy (non-hydrogen) atoms. The number of ether oxygens (including phenoxy) is 4. The summed E-state index contributed by atoms with van der Waals surface area (Å²) in [6.07, 6.45) is 0. The van der Waals surface area contributed by atoms with Crippen molar-refractivity contribution in [1.29, 1.82) is 0 Å². The van der Waals surface area contributed by atoms with Gasteiger partial charge in [-0.2, -0.15) is 0 Å². The van der Waals surface area contributed by atoms with Crippen LogP contribution < -0.4 is 18.9 Å². The van der Waals surface area contributed by atoms with Gasteiger partial charge in [0.1, 0.15) is 23.0 Å². The van der Waals surface area contributed by atoms with Crippen LogP contribution in [0.15, 0.2) is 54.6 Å². The molecule has 0 saturated heterocycles. The maximum Gasteiger partial charge on any atom is 0.126 e. The summed E-state index contributed by atoms with van der Waals surface area (Å²) in [5.41, 5.74) is 5.24. The molecule has 0 heterocycles. The molecule has 3 rings (SSSR count). The summed E-state index contributed by atoms with van der Waals surface area (Å²) in [7, 11) is 6.68. The topological polar surface area (TPSA) is 36.9 Å². The van der Waals surface area contributed by atoms with Gasteiger partial charge < -0.3 is 18.9 Å². The molecule has 0 aromatic heterocycles. The van der Waals surface area contributed by atoms with Crippen LogP contribution in [0.3, 0.4) is 0 Å². The smallest absolute Gasteiger partial charge is 0.126 e. The Morgan fingerprint density at radius 1 is 0.519 bits per heavy atom. The maximum atomic E-state index is 5.58. The minimum Gasteiger partial charge on any atom is -0.497 e. The summed E-state index contributed by atoms with van der Waals surface area (Å²) >= 11 is 0. The Morgan fingerprint density at radius 2 is 0.963 bits per heavy atom. The third-order valence-corrected chi connectivity index (χ3v) is 4.73. The molecule has 3 aromatic carbocycles. The van der Waals surface area contributed by atoms with Gasteiger partial charge in [0.05, 0.1) is 28.4 Å². The minimum absolute atomic E-state index is 0.787. The molecule has 0 saturated carbocycles. The Labute approximate surface area is 160 Å². The molecular weight excluding hydrogens is 340 g/mol. The fourth-order valence-electron chi connectivity index (χ4n) is 3.27. The van der Waals surface area contributed by atoms with Crippen molar-refractivity contribution >= 4 is 0 Å². The molecule has 3 aromatic rings. The molecule has 4 nitrogen and oxygen atoms in total. The number of hydrogen-bond acceptors (Lipinski definition) is 4. The molecule has 0 amide bonds. The van der Waals surface area contributed by atoms with Crippen LogP contribution >= 0.6 is 0 Å². The van der Waals surface area contributed by atoms with Crippen molar-refractivity contribution in [2.24, 2.45) is 0 Å². The van der Waals surface area contributed by atoms with E-state index in [9.17, 15) is 0 Å². The van der Waals surface area contributed by atoms with Gasteiger partial charge in [-0.05, 0) is 60.0 Å². The predicted octanol–water partition coefficient (Wildman–Crippen LogP) is 5.36. The van der Waals surface area contributed by atoms with Crippen LogP contribution in [0.5, 0.6) is 23.0 Å². The first kappa shape index (κ1) is 18.6. The highest BCUT2D eigenvalue weighted by Crippen LogP contribution is 2.41. The first-order valence-electron chi connectivity index (χ1n) is 8.67. The lowest BCUT2D eigenvalue weighted by Gasteiger charge is -2.17. The van der Waals surface area contributed by atoms with Crippen LogP contribution in [0, 0.1) is 6.92 Å². The third-order valence-electron chi connectivity index (χ3n) is 4.73. The minimum atomic E-state index is 0.787. The maximum absolute atomic E-state index is 5.58. The zero-order valence-corrected chi connectivity index (χ0v) is 16.3. The van der Waals surface area contributed by atoms with Crippen LogP contribution in [0.1, 0.15) is 5.56 Å². The van der Waals surface area contributed by atoms with Crippen LogP contribution in [0.4, 0.5) is 0 Å². The molecule has 0 bridgehead atoms. The van der Waals surface area contributed by atoms with E-state index in [2.05, 4.69) is 19.1 Å². The normalized spacial score (nSPS) is 10.4. The quantitative estimate of drug-likeness (QED) is 0.590. The van der Waals surface area contributed by atoms with E-state index in [1.165, 1.54) is 0 Å². The summed E-state index contributed by atoms with van der Waals surface area (Å²) < 4.78 is 22.0. The second kappa shape index (κ2) is 8.04. The molecular formula is C23H24O4. The summed E-state index contributed by atoms with van der Waals surface area (Å²) in [6, 6.07) is 17.8. The molecule has 0 spiro atoms. The van der Waals surface area contributed by atoms with Crippen molar-refractivity contribution in [3.63, 3.8) is 0 Å². The Morgan fingerprint density at radius 3 is 1.33 bits per heavy atom. The lowest BCUT2D eigenvalue weighted by molar-refractivity contribution is 0.404. The van der Waals surface area contributed by atoms with Gasteiger partial charge in [-0.1, -0.05) is 18.2 Å². The largest absolute Gasteiger partial charge is 0.497 e. The van der Waals surface area contributed by atoms with Crippen molar-refractivity contribution < 1.29 is 18.9 Å². The van der Waals surface area contributed by atoms with Crippen LogP contribution in [0.25, 0.3) is 22.3 Å². The zero-order chi connectivity index (χ0) is 19.4. The van der Waals surface area contributed by atoms with E-state index in [0.29, 0.717) is 0 Å². The summed E-state index contributed by atoms with van der Waals surface area (Å²) in [6.45, 7) is 2.10. The second-order valence-electron chi connectivity index (χ2n) is 6.11. The molecule has 0 fully saturated rings. The van der Waals surface area contributed by atoms with E-state index in [1.807, 2.05) is 42.5 Å². The van der Waals surface area contributed by atoms with E-state index in [-0.39, 0.29) is 0 Å². The van der Waals surface area contributed by atoms with Crippen molar-refractivity contribution in [3.8, 4) is 45.3 Å². The van der Waals surface area contributed by atoms with Gasteiger partial charge in [0.25, 0.3) is 0 Å². The fraction of sp³-hybridized carbons (Fsp3) is 0.217. The summed E-state index contributed by atoms with van der Waals surface area (Å²) in [5.74, 6) is 3.17. The number of methoxy groups -OCH3 is 4. The lowest BCUT2D eigenvalue weighted by Crippen LogP contribution is -1.95. The highest BCUT2D eigenvalue weighted by Gasteiger charge is 2.16. The SMILES string of the molecule is COc1ccc(OC)c(-c2cccc(-c3cc(OC)ccc3OC)c2C)c1. The van der Waals surface area contributed by atoms with Crippen molar-refractivity contribution in [2.75, 3.05) is 28.4 Å². The molecule has 0 N–H and O–H groups in total. The van der Waals surface area contributed by atoms with Crippen LogP contribution in [-0.4, -0.2) is 28.4 Å². The number of benzene rings is 3. The third kappa shape index (κ3) is 3.56. The van der Waals surface area contributed by atoms with Gasteiger partial charge in [0.15, 0.2) is 0 Å². The molecule has 4 heteroatoms. The van der Waals surface area contributed by atoms with Crippen LogP contribution in [0.2, 0.25) is 0 Å². The molecule has 0 aliphatic rings. The highest BCUT2D eigenvalue weighted by atomic mass is 16.5. The average Bonchev–Trinajstić information content (AvgIpc) is 2.73. The van der Waals surface area contributed by atoms with E-state index in [0.717, 1.165) is 50.8 Å². The average molecular weight is 364 g/mol. The summed E-state index contributed by atoms with van der Waals surface area (Å²) in [5, 5.41) is 0. The standard InChI is InChI=1S/C23H24O4/c1-15-18(20-13-16(24-2)9-11-22(20)26-4)7-6-8-19(15)21-14-17(25-3)10-12-23(21)27-5/h6-14H,1-5H3. The Hall–Kier alpha value is -3.14. The molecule has 0 unspecified atom stereocenters. The van der Waals surface area contributed by atoms with Gasteiger partial charge in [-0.15, -0.1) is 0 Å². The Kier molecular flexibility index (Phi) is 5.55. The molecule has 140 valence electrons. The van der Waals surface area contributed by atoms with Gasteiger partial charge in [0.2, 0.25) is 0 Å². The van der Waals surface area contributed by atoms with Crippen molar-refractivity contribution in [3.05, 3.63) is 60.2 Å². The second-order valence-corrected chi connectivity index (χ2v) is 6.11. The fourth-order valence-corrected chi connectivity index (χ4v) is 3.27. The summed E-state index contributed by atoms with van der Waals surface area (Å²) in [4.78, 5) is 0. The molecule has 0 radical (unpaired) electrons. The number of hydrogen-bond donors (Lipinski definition) is 0. The molecule has 0 aliphatic carbocycles. The van der Waals surface area contributed by atoms with Crippen LogP contribution in [-0.2, 0) is 0 Å². The van der Waals surface area contributed by atoms with E-state index >= 15 is 0 Å². The predicted molar refractivity (Wildman–Crippen MR) is 108 cm³/mol. The van der Waals surface area contributed by atoms with E-state index < -0.39 is 0 Å². The first-order chi connectivity index (χ1) is 13.1. The Bertz CT molecular complexity index is 873. The molecule has 0 atom stereocenters. The van der Waals surface area contributed by atoms with E-state index in [1.54, 1.807) is 28.4 Å². The van der Waals surface area contributed by atoms with Gasteiger partial charge in [-0.3, -0.25) is 0 Å². The highest BCUT2D eigenvalue weighted by molar-refractivity contribution is 5.84. The van der Waals surface area contributed by atoms with Crippen molar-refractivity contribution in [2.45, 2.75) is 6.92 Å². The van der Waals surface area contributed by atoms with Gasteiger partial charge in [0, 0.05) is 11.1 Å². The molecule has 0 aliphatic heterocycles. The lowest BCUT2D eigenvalue weighted by atomic mass is 9.91. The van der Waals surface area contributed by atoms with Gasteiger partial charge in [-0.25, -0.2) is 0 Å². The zero-order valence-electron chi connectivity index (χ0n) is 16.3. The monoisotopic (exact) mass is 364 g/mol. The van der Waals surface area contributed by atoms with Crippen molar-refractivity contribution in [1.82, 2.24) is 0 Å². The van der Waals surface area contributed by atoms with E-state index in [4.69, 9.17) is 18.9 Å². The Balaban J connectivity index is 2.22. The first-order valence-corrected chi connectivity index (χ1v) is 8.67.